The molecular formula is C14H13EuF3O2+3. The van der Waals surface area contributed by atoms with Crippen LogP contribution in [0.2, 0.25) is 0 Å². The molecule has 0 radical (unpaired) electrons. The van der Waals surface area contributed by atoms with Crippen LogP contribution in [0.25, 0.3) is 10.8 Å². The van der Waals surface area contributed by atoms with E-state index in [1.165, 1.54) is 0 Å². The first-order chi connectivity index (χ1) is 8.88. The molecule has 0 aromatic heterocycles. The van der Waals surface area contributed by atoms with Crippen LogP contribution in [-0.2, 0) is 0 Å². The minimum absolute atomic E-state index is 0. The SMILES string of the molecule is OC(CC(O)C(F)(F)F)c1ccc2ccccc2c1.[Eu+3]. The standard InChI is InChI=1S/C14H13F3O2.Eu/c15-14(16,17)13(19)8-12(18)11-6-5-9-3-1-2-4-10(9)7-11;/h1-7,12-13,18-19H,8H2;/q;+3. The molecule has 0 saturated carbocycles. The van der Waals surface area contributed by atoms with E-state index in [4.69, 9.17) is 5.11 Å². The van der Waals surface area contributed by atoms with E-state index in [-0.39, 0.29) is 49.4 Å². The van der Waals surface area contributed by atoms with Crippen molar-refractivity contribution in [2.75, 3.05) is 0 Å². The van der Waals surface area contributed by atoms with Gasteiger partial charge in [-0.05, 0) is 22.4 Å². The zero-order valence-electron chi connectivity index (χ0n) is 10.3. The van der Waals surface area contributed by atoms with Crippen LogP contribution in [0.3, 0.4) is 0 Å². The van der Waals surface area contributed by atoms with Crippen LogP contribution in [0, 0.1) is 49.4 Å². The van der Waals surface area contributed by atoms with Gasteiger partial charge in [0.05, 0.1) is 6.10 Å². The molecule has 0 bridgehead atoms. The van der Waals surface area contributed by atoms with Gasteiger partial charge in [0.2, 0.25) is 0 Å². The van der Waals surface area contributed by atoms with Crippen molar-refractivity contribution < 1.29 is 72.8 Å². The van der Waals surface area contributed by atoms with Gasteiger partial charge in [-0.1, -0.05) is 36.4 Å². The molecule has 0 heterocycles. The van der Waals surface area contributed by atoms with Gasteiger partial charge in [-0.2, -0.15) is 13.2 Å². The largest absolute Gasteiger partial charge is 3.00 e. The normalized spacial score (nSPS) is 14.7. The van der Waals surface area contributed by atoms with Gasteiger partial charge in [-0.3, -0.25) is 0 Å². The Morgan fingerprint density at radius 2 is 1.55 bits per heavy atom. The van der Waals surface area contributed by atoms with Gasteiger partial charge in [0.25, 0.3) is 0 Å². The Kier molecular flexibility index (Phi) is 6.60. The number of benzene rings is 2. The van der Waals surface area contributed by atoms with E-state index in [9.17, 15) is 18.3 Å². The van der Waals surface area contributed by atoms with Crippen LogP contribution < -0.4 is 0 Å². The van der Waals surface area contributed by atoms with Gasteiger partial charge in [0.15, 0.2) is 6.10 Å². The fourth-order valence-corrected chi connectivity index (χ4v) is 1.90. The Morgan fingerprint density at radius 3 is 2.15 bits per heavy atom. The Bertz CT molecular complexity index is 572. The minimum Gasteiger partial charge on any atom is -0.388 e. The maximum atomic E-state index is 12.2. The summed E-state index contributed by atoms with van der Waals surface area (Å²) in [5, 5.41) is 20.5. The third-order valence-corrected chi connectivity index (χ3v) is 2.98. The van der Waals surface area contributed by atoms with Gasteiger partial charge >= 0.3 is 55.6 Å². The number of alkyl halides is 3. The molecule has 0 fully saturated rings. The summed E-state index contributed by atoms with van der Waals surface area (Å²) in [7, 11) is 0. The summed E-state index contributed by atoms with van der Waals surface area (Å²) < 4.78 is 36.7. The molecule has 0 aliphatic heterocycles. The second-order valence-electron chi connectivity index (χ2n) is 4.42. The molecule has 0 saturated heterocycles. The molecule has 20 heavy (non-hydrogen) atoms. The first-order valence-electron chi connectivity index (χ1n) is 5.79. The van der Waals surface area contributed by atoms with E-state index in [2.05, 4.69) is 0 Å². The Labute approximate surface area is 155 Å². The number of aliphatic hydroxyl groups excluding tert-OH is 2. The van der Waals surface area contributed by atoms with Gasteiger partial charge in [0.1, 0.15) is 0 Å². The smallest absolute Gasteiger partial charge is 0.388 e. The molecule has 2 atom stereocenters. The van der Waals surface area contributed by atoms with Crippen molar-refractivity contribution in [2.45, 2.75) is 24.8 Å². The molecule has 6 heteroatoms. The van der Waals surface area contributed by atoms with Crippen molar-refractivity contribution in [1.29, 1.82) is 0 Å². The van der Waals surface area contributed by atoms with Crippen molar-refractivity contribution in [3.05, 3.63) is 48.0 Å². The number of halogens is 3. The zero-order valence-corrected chi connectivity index (χ0v) is 12.7. The van der Waals surface area contributed by atoms with E-state index in [0.717, 1.165) is 10.8 Å². The average Bonchev–Trinajstić information content (AvgIpc) is 2.37. The zero-order chi connectivity index (χ0) is 14.0. The molecule has 0 amide bonds. The quantitative estimate of drug-likeness (QED) is 0.798. The molecule has 0 aliphatic rings. The second kappa shape index (κ2) is 7.32. The number of hydrogen-bond donors (Lipinski definition) is 2. The Morgan fingerprint density at radius 1 is 0.950 bits per heavy atom. The van der Waals surface area contributed by atoms with E-state index in [1.807, 2.05) is 24.3 Å². The van der Waals surface area contributed by atoms with Crippen molar-refractivity contribution in [1.82, 2.24) is 0 Å². The van der Waals surface area contributed by atoms with Gasteiger partial charge < -0.3 is 10.2 Å². The first kappa shape index (κ1) is 18.0. The van der Waals surface area contributed by atoms with Crippen LogP contribution in [0.15, 0.2) is 42.5 Å². The number of rotatable bonds is 3. The summed E-state index contributed by atoms with van der Waals surface area (Å²) in [4.78, 5) is 0. The molecule has 2 aromatic carbocycles. The molecular weight excluding hydrogens is 409 g/mol. The summed E-state index contributed by atoms with van der Waals surface area (Å²) >= 11 is 0. The van der Waals surface area contributed by atoms with Crippen molar-refractivity contribution in [3.8, 4) is 0 Å². The van der Waals surface area contributed by atoms with Gasteiger partial charge in [-0.15, -0.1) is 0 Å². The summed E-state index contributed by atoms with van der Waals surface area (Å²) in [5.74, 6) is 0. The van der Waals surface area contributed by atoms with Gasteiger partial charge in [0, 0.05) is 6.42 Å². The maximum Gasteiger partial charge on any atom is 3.00 e. The number of hydrogen-bond acceptors (Lipinski definition) is 2. The van der Waals surface area contributed by atoms with Crippen molar-refractivity contribution in [2.24, 2.45) is 0 Å². The summed E-state index contributed by atoms with van der Waals surface area (Å²) in [6, 6.07) is 12.3. The molecule has 0 spiro atoms. The second-order valence-corrected chi connectivity index (χ2v) is 4.42. The Balaban J connectivity index is 0.00000200. The van der Waals surface area contributed by atoms with E-state index < -0.39 is 24.8 Å². The predicted octanol–water partition coefficient (Wildman–Crippen LogP) is 3.19. The van der Waals surface area contributed by atoms with Crippen molar-refractivity contribution in [3.63, 3.8) is 0 Å². The molecule has 0 aliphatic carbocycles. The van der Waals surface area contributed by atoms with E-state index in [1.54, 1.807) is 18.2 Å². The third kappa shape index (κ3) is 4.50. The first-order valence-corrected chi connectivity index (χ1v) is 5.79. The van der Waals surface area contributed by atoms with Gasteiger partial charge in [-0.25, -0.2) is 0 Å². The third-order valence-electron chi connectivity index (χ3n) is 2.98. The van der Waals surface area contributed by atoms with Crippen LogP contribution in [0.4, 0.5) is 13.2 Å². The minimum atomic E-state index is -4.71. The molecule has 2 N–H and O–H groups in total. The number of fused-ring (bicyclic) bond motifs is 1. The van der Waals surface area contributed by atoms with E-state index >= 15 is 0 Å². The fraction of sp³-hybridized carbons (Fsp3) is 0.286. The van der Waals surface area contributed by atoms with Crippen LogP contribution in [0.5, 0.6) is 0 Å². The average molecular weight is 422 g/mol. The van der Waals surface area contributed by atoms with Crippen LogP contribution in [0.1, 0.15) is 18.1 Å². The molecule has 2 rings (SSSR count). The fourth-order valence-electron chi connectivity index (χ4n) is 1.90. The van der Waals surface area contributed by atoms with Crippen LogP contribution >= 0.6 is 0 Å². The van der Waals surface area contributed by atoms with Crippen molar-refractivity contribution >= 4 is 10.8 Å². The predicted molar refractivity (Wildman–Crippen MR) is 65.6 cm³/mol. The summed E-state index contributed by atoms with van der Waals surface area (Å²) in [6.07, 6.45) is -9.34. The molecule has 106 valence electrons. The molecule has 2 aromatic rings. The topological polar surface area (TPSA) is 40.5 Å². The monoisotopic (exact) mass is 423 g/mol. The van der Waals surface area contributed by atoms with Crippen LogP contribution in [-0.4, -0.2) is 22.5 Å². The summed E-state index contributed by atoms with van der Waals surface area (Å²) in [6.45, 7) is 0. The maximum absolute atomic E-state index is 12.2. The van der Waals surface area contributed by atoms with E-state index in [0.29, 0.717) is 5.56 Å². The molecule has 2 nitrogen and oxygen atoms in total. The summed E-state index contributed by atoms with van der Waals surface area (Å²) in [5.41, 5.74) is 0.363. The Hall–Kier alpha value is -0.00558. The molecule has 2 unspecified atom stereocenters. The number of aliphatic hydroxyl groups is 2.